The molecule has 0 spiro atoms. The van der Waals surface area contributed by atoms with Crippen LogP contribution < -0.4 is 10.9 Å². The van der Waals surface area contributed by atoms with E-state index in [1.54, 1.807) is 0 Å². The number of hydrogen-bond donors (Lipinski definition) is 2. The van der Waals surface area contributed by atoms with Crippen molar-refractivity contribution in [3.8, 4) is 0 Å². The molecule has 0 saturated heterocycles. The van der Waals surface area contributed by atoms with Crippen LogP contribution in [0, 0.1) is 11.3 Å². The van der Waals surface area contributed by atoms with Crippen molar-refractivity contribution in [3.05, 3.63) is 0 Å². The summed E-state index contributed by atoms with van der Waals surface area (Å²) in [4.78, 5) is 23.7. The molecule has 2 atom stereocenters. The number of carbonyl (C=O) groups is 2. The van der Waals surface area contributed by atoms with E-state index in [4.69, 9.17) is 9.47 Å². The molecule has 0 aliphatic heterocycles. The van der Waals surface area contributed by atoms with Crippen molar-refractivity contribution in [3.63, 3.8) is 0 Å². The van der Waals surface area contributed by atoms with Gasteiger partial charge in [-0.3, -0.25) is 10.2 Å². The molecule has 0 bridgehead atoms. The van der Waals surface area contributed by atoms with Crippen LogP contribution in [0.25, 0.3) is 0 Å². The van der Waals surface area contributed by atoms with E-state index in [2.05, 4.69) is 24.7 Å². The second-order valence-corrected chi connectivity index (χ2v) is 7.54. The van der Waals surface area contributed by atoms with Crippen LogP contribution in [0.4, 0.5) is 4.79 Å². The predicted molar refractivity (Wildman–Crippen MR) is 84.0 cm³/mol. The summed E-state index contributed by atoms with van der Waals surface area (Å²) in [5, 5.41) is 0. The SMILES string of the molecule is CCOC(=O)[C@H]1CC[C@@H](NNC(=O)OC(C)(C)C)CC1(C)C. The van der Waals surface area contributed by atoms with E-state index < -0.39 is 11.7 Å². The zero-order valence-corrected chi connectivity index (χ0v) is 14.6. The van der Waals surface area contributed by atoms with Gasteiger partial charge >= 0.3 is 12.1 Å². The minimum Gasteiger partial charge on any atom is -0.466 e. The van der Waals surface area contributed by atoms with Crippen molar-refractivity contribution in [1.82, 2.24) is 10.9 Å². The number of ether oxygens (including phenoxy) is 2. The van der Waals surface area contributed by atoms with Crippen molar-refractivity contribution in [2.75, 3.05) is 6.61 Å². The van der Waals surface area contributed by atoms with Gasteiger partial charge in [0.25, 0.3) is 0 Å². The average Bonchev–Trinajstić information content (AvgIpc) is 2.33. The summed E-state index contributed by atoms with van der Waals surface area (Å²) in [5.41, 5.74) is 4.91. The smallest absolute Gasteiger partial charge is 0.422 e. The maximum absolute atomic E-state index is 12.0. The molecule has 6 heteroatoms. The van der Waals surface area contributed by atoms with Crippen LogP contribution in [0.2, 0.25) is 0 Å². The van der Waals surface area contributed by atoms with Gasteiger partial charge in [-0.15, -0.1) is 0 Å². The molecule has 2 N–H and O–H groups in total. The molecule has 0 aromatic rings. The van der Waals surface area contributed by atoms with Gasteiger partial charge in [-0.25, -0.2) is 10.2 Å². The van der Waals surface area contributed by atoms with Crippen LogP contribution >= 0.6 is 0 Å². The zero-order chi connectivity index (χ0) is 17.0. The van der Waals surface area contributed by atoms with E-state index in [-0.39, 0.29) is 23.3 Å². The minimum atomic E-state index is -0.521. The van der Waals surface area contributed by atoms with Crippen molar-refractivity contribution in [2.45, 2.75) is 72.4 Å². The lowest BCUT2D eigenvalue weighted by atomic mass is 9.67. The highest BCUT2D eigenvalue weighted by Crippen LogP contribution is 2.41. The summed E-state index contributed by atoms with van der Waals surface area (Å²) < 4.78 is 10.3. The summed E-state index contributed by atoms with van der Waals surface area (Å²) in [6.07, 6.45) is 1.85. The largest absolute Gasteiger partial charge is 0.466 e. The Morgan fingerprint density at radius 2 is 1.86 bits per heavy atom. The van der Waals surface area contributed by atoms with E-state index in [9.17, 15) is 9.59 Å². The zero-order valence-electron chi connectivity index (χ0n) is 14.6. The molecule has 1 fully saturated rings. The third kappa shape index (κ3) is 5.83. The Labute approximate surface area is 133 Å². The van der Waals surface area contributed by atoms with Crippen molar-refractivity contribution in [1.29, 1.82) is 0 Å². The molecule has 1 aliphatic rings. The number of carbonyl (C=O) groups excluding carboxylic acids is 2. The number of esters is 1. The Bertz CT molecular complexity index is 401. The van der Waals surface area contributed by atoms with E-state index in [1.807, 2.05) is 27.7 Å². The lowest BCUT2D eigenvalue weighted by Crippen LogP contribution is -2.51. The van der Waals surface area contributed by atoms with Gasteiger partial charge in [0, 0.05) is 6.04 Å². The van der Waals surface area contributed by atoms with E-state index in [1.165, 1.54) is 0 Å². The van der Waals surface area contributed by atoms with E-state index >= 15 is 0 Å². The molecule has 0 aromatic heterocycles. The molecule has 0 heterocycles. The van der Waals surface area contributed by atoms with Crippen molar-refractivity contribution in [2.24, 2.45) is 11.3 Å². The fourth-order valence-corrected chi connectivity index (χ4v) is 2.91. The standard InChI is InChI=1S/C16H30N2O4/c1-7-21-13(19)12-9-8-11(10-16(12,5)6)17-18-14(20)22-15(2,3)4/h11-12,17H,7-10H2,1-6H3,(H,18,20)/t11-,12-/m1/s1. The van der Waals surface area contributed by atoms with Crippen LogP contribution in [-0.2, 0) is 14.3 Å². The molecule has 0 radical (unpaired) electrons. The molecule has 6 nitrogen and oxygen atoms in total. The van der Waals surface area contributed by atoms with Gasteiger partial charge in [-0.1, -0.05) is 13.8 Å². The molecule has 1 saturated carbocycles. The van der Waals surface area contributed by atoms with Gasteiger partial charge in [0.2, 0.25) is 0 Å². The molecular weight excluding hydrogens is 284 g/mol. The Morgan fingerprint density at radius 1 is 1.23 bits per heavy atom. The molecule has 1 rings (SSSR count). The number of hydrogen-bond acceptors (Lipinski definition) is 5. The summed E-state index contributed by atoms with van der Waals surface area (Å²) in [6, 6.07) is 0.119. The lowest BCUT2D eigenvalue weighted by molar-refractivity contribution is -0.154. The second kappa shape index (κ2) is 7.31. The molecule has 22 heavy (non-hydrogen) atoms. The van der Waals surface area contributed by atoms with E-state index in [0.717, 1.165) is 19.3 Å². The van der Waals surface area contributed by atoms with Gasteiger partial charge in [-0.2, -0.15) is 0 Å². The Morgan fingerprint density at radius 3 is 2.36 bits per heavy atom. The highest BCUT2D eigenvalue weighted by Gasteiger charge is 2.41. The lowest BCUT2D eigenvalue weighted by Gasteiger charge is -2.41. The van der Waals surface area contributed by atoms with Crippen LogP contribution in [0.1, 0.15) is 60.8 Å². The number of rotatable bonds is 4. The molecule has 1 amide bonds. The maximum atomic E-state index is 12.0. The quantitative estimate of drug-likeness (QED) is 0.616. The van der Waals surface area contributed by atoms with Crippen LogP contribution in [0.15, 0.2) is 0 Å². The van der Waals surface area contributed by atoms with Crippen LogP contribution in [-0.4, -0.2) is 30.3 Å². The van der Waals surface area contributed by atoms with Crippen LogP contribution in [0.3, 0.4) is 0 Å². The maximum Gasteiger partial charge on any atom is 0.422 e. The predicted octanol–water partition coefficient (Wildman–Crippen LogP) is 2.77. The number of hydrazine groups is 1. The normalized spacial score (nSPS) is 24.5. The summed E-state index contributed by atoms with van der Waals surface area (Å²) in [7, 11) is 0. The van der Waals surface area contributed by atoms with Crippen molar-refractivity contribution >= 4 is 12.1 Å². The van der Waals surface area contributed by atoms with Crippen LogP contribution in [0.5, 0.6) is 0 Å². The highest BCUT2D eigenvalue weighted by molar-refractivity contribution is 5.73. The minimum absolute atomic E-state index is 0.0907. The van der Waals surface area contributed by atoms with Gasteiger partial charge in [0.15, 0.2) is 0 Å². The molecule has 0 aromatic carbocycles. The summed E-state index contributed by atoms with van der Waals surface area (Å²) >= 11 is 0. The summed E-state index contributed by atoms with van der Waals surface area (Å²) in [6.45, 7) is 11.8. The Balaban J connectivity index is 2.48. The third-order valence-corrected chi connectivity index (χ3v) is 3.87. The van der Waals surface area contributed by atoms with E-state index in [0.29, 0.717) is 6.61 Å². The number of nitrogens with one attached hydrogen (secondary N) is 2. The first-order chi connectivity index (χ1) is 10.0. The van der Waals surface area contributed by atoms with Gasteiger partial charge in [-0.05, 0) is 52.4 Å². The van der Waals surface area contributed by atoms with Gasteiger partial charge < -0.3 is 9.47 Å². The highest BCUT2D eigenvalue weighted by atomic mass is 16.6. The molecule has 1 aliphatic carbocycles. The summed E-state index contributed by atoms with van der Waals surface area (Å²) in [5.74, 6) is -0.210. The van der Waals surface area contributed by atoms with Crippen molar-refractivity contribution < 1.29 is 19.1 Å². The molecule has 0 unspecified atom stereocenters. The van der Waals surface area contributed by atoms with Gasteiger partial charge in [0.05, 0.1) is 12.5 Å². The monoisotopic (exact) mass is 314 g/mol. The molecular formula is C16H30N2O4. The fraction of sp³-hybridized carbons (Fsp3) is 0.875. The average molecular weight is 314 g/mol. The Kier molecular flexibility index (Phi) is 6.23. The number of amides is 1. The van der Waals surface area contributed by atoms with Gasteiger partial charge in [0.1, 0.15) is 5.60 Å². The first kappa shape index (κ1) is 18.7. The first-order valence-electron chi connectivity index (χ1n) is 7.96. The first-order valence-corrected chi connectivity index (χ1v) is 7.96. The second-order valence-electron chi connectivity index (χ2n) is 7.54. The Hall–Kier alpha value is -1.30. The fourth-order valence-electron chi connectivity index (χ4n) is 2.91. The molecule has 128 valence electrons. The topological polar surface area (TPSA) is 76.7 Å². The third-order valence-electron chi connectivity index (χ3n) is 3.87.